The van der Waals surface area contributed by atoms with E-state index >= 15 is 0 Å². The van der Waals surface area contributed by atoms with Crippen LogP contribution in [0, 0.1) is 0 Å². The van der Waals surface area contributed by atoms with Gasteiger partial charge in [-0.05, 0) is 29.3 Å². The zero-order valence-electron chi connectivity index (χ0n) is 14.1. The molecule has 2 heterocycles. The Morgan fingerprint density at radius 2 is 1.35 bits per heavy atom. The third kappa shape index (κ3) is 4.73. The van der Waals surface area contributed by atoms with Gasteiger partial charge < -0.3 is 10.6 Å². The molecular weight excluding hydrogens is 328 g/mol. The van der Waals surface area contributed by atoms with Crippen molar-refractivity contribution in [3.63, 3.8) is 0 Å². The second-order valence-electron chi connectivity index (χ2n) is 5.62. The highest BCUT2D eigenvalue weighted by molar-refractivity contribution is 5.96. The van der Waals surface area contributed by atoms with E-state index in [0.717, 1.165) is 11.1 Å². The average Bonchev–Trinajstić information content (AvgIpc) is 2.72. The number of hydrogen-bond donors (Lipinski definition) is 2. The minimum atomic E-state index is -0.341. The van der Waals surface area contributed by atoms with Crippen molar-refractivity contribution in [3.05, 3.63) is 95.6 Å². The van der Waals surface area contributed by atoms with E-state index < -0.39 is 0 Å². The number of benzene rings is 1. The normalized spacial score (nSPS) is 10.2. The van der Waals surface area contributed by atoms with Gasteiger partial charge in [0.05, 0.1) is 0 Å². The Balaban J connectivity index is 1.60. The first-order chi connectivity index (χ1) is 12.7. The van der Waals surface area contributed by atoms with Crippen molar-refractivity contribution in [3.8, 4) is 0 Å². The van der Waals surface area contributed by atoms with Gasteiger partial charge in [-0.25, -0.2) is 4.98 Å². The van der Waals surface area contributed by atoms with Crippen LogP contribution < -0.4 is 10.6 Å². The third-order valence-electron chi connectivity index (χ3n) is 3.69. The smallest absolute Gasteiger partial charge is 0.270 e. The fourth-order valence-corrected chi connectivity index (χ4v) is 2.33. The van der Waals surface area contributed by atoms with Crippen molar-refractivity contribution in [1.29, 1.82) is 0 Å². The molecule has 0 saturated carbocycles. The van der Waals surface area contributed by atoms with E-state index in [-0.39, 0.29) is 23.2 Å². The van der Waals surface area contributed by atoms with Crippen molar-refractivity contribution >= 4 is 11.8 Å². The highest BCUT2D eigenvalue weighted by Crippen LogP contribution is 2.03. The Kier molecular flexibility index (Phi) is 5.67. The molecule has 0 saturated heterocycles. The fraction of sp³-hybridized carbons (Fsp3) is 0.100. The molecule has 0 radical (unpaired) electrons. The van der Waals surface area contributed by atoms with Crippen molar-refractivity contribution in [2.45, 2.75) is 13.1 Å². The number of pyridine rings is 2. The molecule has 3 rings (SSSR count). The Morgan fingerprint density at radius 1 is 0.731 bits per heavy atom. The molecule has 3 aromatic rings. The van der Waals surface area contributed by atoms with Crippen LogP contribution in [-0.2, 0) is 13.1 Å². The summed E-state index contributed by atoms with van der Waals surface area (Å²) in [5, 5.41) is 5.56. The van der Waals surface area contributed by atoms with Gasteiger partial charge >= 0.3 is 0 Å². The van der Waals surface area contributed by atoms with Crippen molar-refractivity contribution < 1.29 is 9.59 Å². The van der Waals surface area contributed by atoms with Crippen LogP contribution >= 0.6 is 0 Å². The van der Waals surface area contributed by atoms with Crippen molar-refractivity contribution in [2.24, 2.45) is 0 Å². The molecule has 0 bridgehead atoms. The molecule has 1 aromatic carbocycles. The van der Waals surface area contributed by atoms with Crippen LogP contribution in [0.15, 0.2) is 73.1 Å². The van der Waals surface area contributed by atoms with E-state index in [9.17, 15) is 9.59 Å². The van der Waals surface area contributed by atoms with Crippen LogP contribution in [-0.4, -0.2) is 21.8 Å². The second kappa shape index (κ2) is 8.53. The van der Waals surface area contributed by atoms with Crippen LogP contribution in [0.1, 0.15) is 32.1 Å². The Labute approximate surface area is 151 Å². The van der Waals surface area contributed by atoms with Crippen molar-refractivity contribution in [2.75, 3.05) is 0 Å². The fourth-order valence-electron chi connectivity index (χ4n) is 2.33. The van der Waals surface area contributed by atoms with Gasteiger partial charge in [0.1, 0.15) is 11.4 Å². The van der Waals surface area contributed by atoms with Gasteiger partial charge in [0, 0.05) is 25.5 Å². The standard InChI is InChI=1S/C20H18N4O2/c25-19(22-13-15-6-2-1-3-7-15)17-9-4-10-18(24-17)20(26)23-14-16-8-5-11-21-12-16/h1-12H,13-14H2,(H,22,25)(H,23,26). The summed E-state index contributed by atoms with van der Waals surface area (Å²) in [6.07, 6.45) is 3.35. The zero-order chi connectivity index (χ0) is 18.2. The Morgan fingerprint density at radius 3 is 1.96 bits per heavy atom. The van der Waals surface area contributed by atoms with Gasteiger partial charge in [-0.15, -0.1) is 0 Å². The largest absolute Gasteiger partial charge is 0.347 e. The van der Waals surface area contributed by atoms with Crippen LogP contribution in [0.25, 0.3) is 0 Å². The molecule has 26 heavy (non-hydrogen) atoms. The maximum atomic E-state index is 12.3. The molecule has 0 spiro atoms. The maximum absolute atomic E-state index is 12.3. The predicted molar refractivity (Wildman–Crippen MR) is 97.3 cm³/mol. The summed E-state index contributed by atoms with van der Waals surface area (Å²) >= 11 is 0. The number of amides is 2. The van der Waals surface area contributed by atoms with E-state index in [1.807, 2.05) is 36.4 Å². The third-order valence-corrected chi connectivity index (χ3v) is 3.69. The molecule has 2 N–H and O–H groups in total. The lowest BCUT2D eigenvalue weighted by molar-refractivity contribution is 0.0941. The minimum absolute atomic E-state index is 0.196. The summed E-state index contributed by atoms with van der Waals surface area (Å²) in [5.41, 5.74) is 2.28. The molecule has 6 heteroatoms. The second-order valence-corrected chi connectivity index (χ2v) is 5.62. The van der Waals surface area contributed by atoms with E-state index in [1.165, 1.54) is 0 Å². The highest BCUT2D eigenvalue weighted by Gasteiger charge is 2.12. The summed E-state index contributed by atoms with van der Waals surface area (Å²) in [4.78, 5) is 32.7. The molecule has 6 nitrogen and oxygen atoms in total. The SMILES string of the molecule is O=C(NCc1ccccc1)c1cccc(C(=O)NCc2cccnc2)n1. The summed E-state index contributed by atoms with van der Waals surface area (Å²) in [6.45, 7) is 0.748. The van der Waals surface area contributed by atoms with E-state index in [0.29, 0.717) is 13.1 Å². The number of hydrogen-bond acceptors (Lipinski definition) is 4. The van der Waals surface area contributed by atoms with E-state index in [1.54, 1.807) is 36.7 Å². The Bertz CT molecular complexity index is 812. The van der Waals surface area contributed by atoms with Crippen molar-refractivity contribution in [1.82, 2.24) is 20.6 Å². The molecule has 0 fully saturated rings. The predicted octanol–water partition coefficient (Wildman–Crippen LogP) is 2.34. The number of carbonyl (C=O) groups excluding carboxylic acids is 2. The van der Waals surface area contributed by atoms with E-state index in [2.05, 4.69) is 20.6 Å². The monoisotopic (exact) mass is 346 g/mol. The first-order valence-electron chi connectivity index (χ1n) is 8.18. The zero-order valence-corrected chi connectivity index (χ0v) is 14.1. The Hall–Kier alpha value is -3.54. The number of rotatable bonds is 6. The van der Waals surface area contributed by atoms with Gasteiger partial charge in [-0.2, -0.15) is 0 Å². The molecule has 0 aliphatic carbocycles. The molecule has 2 aromatic heterocycles. The quantitative estimate of drug-likeness (QED) is 0.717. The van der Waals surface area contributed by atoms with E-state index in [4.69, 9.17) is 0 Å². The summed E-state index contributed by atoms with van der Waals surface area (Å²) in [6, 6.07) is 18.1. The molecular formula is C20H18N4O2. The molecule has 0 atom stereocenters. The van der Waals surface area contributed by atoms with Crippen LogP contribution in [0.3, 0.4) is 0 Å². The van der Waals surface area contributed by atoms with Gasteiger partial charge in [-0.1, -0.05) is 42.5 Å². The van der Waals surface area contributed by atoms with Gasteiger partial charge in [-0.3, -0.25) is 14.6 Å². The molecule has 2 amide bonds. The topological polar surface area (TPSA) is 84.0 Å². The summed E-state index contributed by atoms with van der Waals surface area (Å²) < 4.78 is 0. The van der Waals surface area contributed by atoms with Crippen LogP contribution in [0.2, 0.25) is 0 Å². The number of nitrogens with zero attached hydrogens (tertiary/aromatic N) is 2. The molecule has 0 aliphatic rings. The van der Waals surface area contributed by atoms with Gasteiger partial charge in [0.15, 0.2) is 0 Å². The van der Waals surface area contributed by atoms with Gasteiger partial charge in [0.2, 0.25) is 0 Å². The number of carbonyl (C=O) groups is 2. The lowest BCUT2D eigenvalue weighted by atomic mass is 10.2. The lowest BCUT2D eigenvalue weighted by Gasteiger charge is -2.07. The molecule has 0 aliphatic heterocycles. The minimum Gasteiger partial charge on any atom is -0.347 e. The van der Waals surface area contributed by atoms with Gasteiger partial charge in [0.25, 0.3) is 11.8 Å². The molecule has 130 valence electrons. The lowest BCUT2D eigenvalue weighted by Crippen LogP contribution is -2.27. The van der Waals surface area contributed by atoms with Crippen LogP contribution in [0.5, 0.6) is 0 Å². The number of aromatic nitrogens is 2. The summed E-state index contributed by atoms with van der Waals surface area (Å²) in [5.74, 6) is -0.665. The first kappa shape index (κ1) is 17.3. The highest BCUT2D eigenvalue weighted by atomic mass is 16.2. The average molecular weight is 346 g/mol. The molecule has 0 unspecified atom stereocenters. The van der Waals surface area contributed by atoms with Crippen LogP contribution in [0.4, 0.5) is 0 Å². The summed E-state index contributed by atoms with van der Waals surface area (Å²) in [7, 11) is 0. The maximum Gasteiger partial charge on any atom is 0.270 e. The number of nitrogens with one attached hydrogen (secondary N) is 2. The first-order valence-corrected chi connectivity index (χ1v) is 8.18.